The molecular weight excluding hydrogens is 230 g/mol. The van der Waals surface area contributed by atoms with E-state index in [1.54, 1.807) is 0 Å². The molecule has 0 saturated carbocycles. The van der Waals surface area contributed by atoms with Crippen molar-refractivity contribution < 1.29 is 0 Å². The molecule has 1 saturated heterocycles. The average Bonchev–Trinajstić information content (AvgIpc) is 2.78. The summed E-state index contributed by atoms with van der Waals surface area (Å²) in [5, 5.41) is 8.62. The van der Waals surface area contributed by atoms with Gasteiger partial charge in [0.2, 0.25) is 5.28 Å². The molecule has 84 valence electrons. The summed E-state index contributed by atoms with van der Waals surface area (Å²) in [5.74, 6) is 4.66. The molecular formula is C10H16ClN3S. The second-order valence-corrected chi connectivity index (χ2v) is 5.81. The van der Waals surface area contributed by atoms with Crippen LogP contribution in [0, 0.1) is 5.92 Å². The molecule has 0 amide bonds. The Hall–Kier alpha value is -0.220. The molecule has 0 N–H and O–H groups in total. The van der Waals surface area contributed by atoms with Crippen molar-refractivity contribution in [2.75, 3.05) is 11.5 Å². The van der Waals surface area contributed by atoms with E-state index < -0.39 is 0 Å². The van der Waals surface area contributed by atoms with Crippen LogP contribution in [0.25, 0.3) is 0 Å². The Bertz CT molecular complexity index is 331. The van der Waals surface area contributed by atoms with Gasteiger partial charge in [-0.2, -0.15) is 11.8 Å². The predicted octanol–water partition coefficient (Wildman–Crippen LogP) is 2.81. The fourth-order valence-electron chi connectivity index (χ4n) is 1.88. The zero-order chi connectivity index (χ0) is 10.8. The quantitative estimate of drug-likeness (QED) is 0.821. The van der Waals surface area contributed by atoms with Crippen molar-refractivity contribution in [1.82, 2.24) is 14.8 Å². The smallest absolute Gasteiger partial charge is 0.225 e. The molecule has 0 bridgehead atoms. The van der Waals surface area contributed by atoms with Crippen LogP contribution >= 0.6 is 23.4 Å². The summed E-state index contributed by atoms with van der Waals surface area (Å²) in [6.07, 6.45) is 1.29. The summed E-state index contributed by atoms with van der Waals surface area (Å²) in [6.45, 7) is 5.23. The first-order valence-corrected chi connectivity index (χ1v) is 6.88. The van der Waals surface area contributed by atoms with Crippen LogP contribution in [0.2, 0.25) is 5.28 Å². The second kappa shape index (κ2) is 4.74. The van der Waals surface area contributed by atoms with Crippen molar-refractivity contribution in [1.29, 1.82) is 0 Å². The van der Waals surface area contributed by atoms with Gasteiger partial charge in [0, 0.05) is 12.5 Å². The molecule has 0 spiro atoms. The van der Waals surface area contributed by atoms with Gasteiger partial charge in [-0.25, -0.2) is 0 Å². The largest absolute Gasteiger partial charge is 0.301 e. The maximum absolute atomic E-state index is 6.05. The van der Waals surface area contributed by atoms with Crippen LogP contribution in [0.1, 0.15) is 32.0 Å². The summed E-state index contributed by atoms with van der Waals surface area (Å²) in [4.78, 5) is 0. The highest BCUT2D eigenvalue weighted by Gasteiger charge is 2.20. The van der Waals surface area contributed by atoms with E-state index in [4.69, 9.17) is 11.6 Å². The zero-order valence-corrected chi connectivity index (χ0v) is 10.7. The third-order valence-corrected chi connectivity index (χ3v) is 4.23. The second-order valence-electron chi connectivity index (χ2n) is 4.32. The van der Waals surface area contributed by atoms with Gasteiger partial charge < -0.3 is 4.57 Å². The Morgan fingerprint density at radius 2 is 2.33 bits per heavy atom. The fourth-order valence-corrected chi connectivity index (χ4v) is 3.34. The Labute approximate surface area is 99.6 Å². The number of thioether (sulfide) groups is 1. The van der Waals surface area contributed by atoms with Gasteiger partial charge in [-0.15, -0.1) is 10.2 Å². The van der Waals surface area contributed by atoms with Gasteiger partial charge in [-0.1, -0.05) is 13.8 Å². The zero-order valence-electron chi connectivity index (χ0n) is 9.11. The molecule has 2 rings (SSSR count). The van der Waals surface area contributed by atoms with E-state index in [2.05, 4.69) is 28.6 Å². The summed E-state index contributed by atoms with van der Waals surface area (Å²) in [7, 11) is 0. The third-order valence-electron chi connectivity index (χ3n) is 2.72. The monoisotopic (exact) mass is 245 g/mol. The average molecular weight is 246 g/mol. The van der Waals surface area contributed by atoms with Gasteiger partial charge in [0.1, 0.15) is 5.82 Å². The lowest BCUT2D eigenvalue weighted by molar-refractivity contribution is 0.473. The van der Waals surface area contributed by atoms with E-state index in [0.29, 0.717) is 11.2 Å². The molecule has 0 aromatic carbocycles. The lowest BCUT2D eigenvalue weighted by Gasteiger charge is -2.13. The Morgan fingerprint density at radius 3 is 2.93 bits per heavy atom. The fraction of sp³-hybridized carbons (Fsp3) is 0.800. The highest BCUT2D eigenvalue weighted by Crippen LogP contribution is 2.27. The standard InChI is InChI=1S/C10H16ClN3S/c1-7(2)9-12-13-10(11)14(9)5-8-3-4-15-6-8/h7-8H,3-6H2,1-2H3. The summed E-state index contributed by atoms with van der Waals surface area (Å²) < 4.78 is 2.07. The van der Waals surface area contributed by atoms with Crippen LogP contribution in [-0.2, 0) is 6.54 Å². The number of aromatic nitrogens is 3. The molecule has 1 aromatic heterocycles. The summed E-state index contributed by atoms with van der Waals surface area (Å²) in [6, 6.07) is 0. The normalized spacial score (nSPS) is 21.5. The minimum absolute atomic E-state index is 0.388. The minimum atomic E-state index is 0.388. The Kier molecular flexibility index (Phi) is 3.57. The van der Waals surface area contributed by atoms with Crippen LogP contribution in [-0.4, -0.2) is 26.3 Å². The topological polar surface area (TPSA) is 30.7 Å². The van der Waals surface area contributed by atoms with Crippen molar-refractivity contribution in [2.24, 2.45) is 5.92 Å². The molecule has 5 heteroatoms. The lowest BCUT2D eigenvalue weighted by atomic mass is 10.1. The van der Waals surface area contributed by atoms with Gasteiger partial charge in [0.15, 0.2) is 0 Å². The van der Waals surface area contributed by atoms with Gasteiger partial charge in [0.25, 0.3) is 0 Å². The molecule has 1 aliphatic heterocycles. The summed E-state index contributed by atoms with van der Waals surface area (Å²) >= 11 is 8.08. The van der Waals surface area contributed by atoms with Crippen LogP contribution in [0.5, 0.6) is 0 Å². The maximum Gasteiger partial charge on any atom is 0.225 e. The summed E-state index contributed by atoms with van der Waals surface area (Å²) in [5.41, 5.74) is 0. The van der Waals surface area contributed by atoms with Gasteiger partial charge >= 0.3 is 0 Å². The number of halogens is 1. The number of rotatable bonds is 3. The van der Waals surface area contributed by atoms with Crippen molar-refractivity contribution in [2.45, 2.75) is 32.7 Å². The van der Waals surface area contributed by atoms with Crippen LogP contribution in [0.3, 0.4) is 0 Å². The van der Waals surface area contributed by atoms with E-state index in [-0.39, 0.29) is 0 Å². The number of hydrogen-bond donors (Lipinski definition) is 0. The minimum Gasteiger partial charge on any atom is -0.301 e. The number of nitrogens with zero attached hydrogens (tertiary/aromatic N) is 3. The highest BCUT2D eigenvalue weighted by atomic mass is 35.5. The van der Waals surface area contributed by atoms with Crippen LogP contribution in [0.15, 0.2) is 0 Å². The molecule has 1 unspecified atom stereocenters. The van der Waals surface area contributed by atoms with Crippen molar-refractivity contribution in [3.8, 4) is 0 Å². The van der Waals surface area contributed by atoms with Crippen LogP contribution in [0.4, 0.5) is 0 Å². The molecule has 2 heterocycles. The number of hydrogen-bond acceptors (Lipinski definition) is 3. The molecule has 1 aliphatic rings. The van der Waals surface area contributed by atoms with E-state index in [1.807, 2.05) is 11.8 Å². The van der Waals surface area contributed by atoms with Crippen molar-refractivity contribution in [3.05, 3.63) is 11.1 Å². The highest BCUT2D eigenvalue weighted by molar-refractivity contribution is 7.99. The van der Waals surface area contributed by atoms with E-state index in [0.717, 1.165) is 18.3 Å². The Morgan fingerprint density at radius 1 is 1.53 bits per heavy atom. The molecule has 0 radical (unpaired) electrons. The molecule has 1 fully saturated rings. The lowest BCUT2D eigenvalue weighted by Crippen LogP contribution is -2.13. The van der Waals surface area contributed by atoms with Gasteiger partial charge in [-0.05, 0) is 35.4 Å². The van der Waals surface area contributed by atoms with Gasteiger partial charge in [-0.3, -0.25) is 0 Å². The maximum atomic E-state index is 6.05. The molecule has 1 aromatic rings. The molecule has 1 atom stereocenters. The molecule has 3 nitrogen and oxygen atoms in total. The SMILES string of the molecule is CC(C)c1nnc(Cl)n1CC1CCSC1. The third kappa shape index (κ3) is 2.48. The van der Waals surface area contributed by atoms with Crippen LogP contribution < -0.4 is 0 Å². The van der Waals surface area contributed by atoms with E-state index >= 15 is 0 Å². The molecule has 15 heavy (non-hydrogen) atoms. The van der Waals surface area contributed by atoms with Crippen molar-refractivity contribution >= 4 is 23.4 Å². The first-order chi connectivity index (χ1) is 7.18. The molecule has 0 aliphatic carbocycles. The van der Waals surface area contributed by atoms with E-state index in [9.17, 15) is 0 Å². The van der Waals surface area contributed by atoms with Gasteiger partial charge in [0.05, 0.1) is 0 Å². The predicted molar refractivity (Wildman–Crippen MR) is 64.6 cm³/mol. The Balaban J connectivity index is 2.14. The van der Waals surface area contributed by atoms with E-state index in [1.165, 1.54) is 17.9 Å². The van der Waals surface area contributed by atoms with Crippen molar-refractivity contribution in [3.63, 3.8) is 0 Å². The first kappa shape index (κ1) is 11.3. The first-order valence-electron chi connectivity index (χ1n) is 5.35.